The van der Waals surface area contributed by atoms with Crippen molar-refractivity contribution in [3.63, 3.8) is 0 Å². The predicted molar refractivity (Wildman–Crippen MR) is 68.8 cm³/mol. The predicted octanol–water partition coefficient (Wildman–Crippen LogP) is 3.02. The lowest BCUT2D eigenvalue weighted by Gasteiger charge is -2.24. The second-order valence-electron chi connectivity index (χ2n) is 4.30. The van der Waals surface area contributed by atoms with Crippen LogP contribution in [0.25, 0.3) is 0 Å². The second kappa shape index (κ2) is 7.05. The molecule has 1 atom stereocenters. The molecule has 104 valence electrons. The molecule has 3 nitrogen and oxygen atoms in total. The normalized spacial score (nSPS) is 13.6. The molecule has 5 heteroatoms. The van der Waals surface area contributed by atoms with Gasteiger partial charge < -0.3 is 10.1 Å². The van der Waals surface area contributed by atoms with Gasteiger partial charge in [0.1, 0.15) is 5.54 Å². The SMILES string of the molecule is CCC(C#N)(CCCOc1c(F)cccc1F)NC. The van der Waals surface area contributed by atoms with Crippen LogP contribution in [0.1, 0.15) is 26.2 Å². The highest BCUT2D eigenvalue weighted by Gasteiger charge is 2.24. The fourth-order valence-electron chi connectivity index (χ4n) is 1.84. The van der Waals surface area contributed by atoms with E-state index < -0.39 is 17.2 Å². The molecule has 0 aliphatic rings. The molecule has 19 heavy (non-hydrogen) atoms. The van der Waals surface area contributed by atoms with Crippen LogP contribution in [-0.2, 0) is 0 Å². The molecule has 0 radical (unpaired) electrons. The lowest BCUT2D eigenvalue weighted by atomic mass is 9.92. The molecule has 0 aliphatic heterocycles. The van der Waals surface area contributed by atoms with E-state index in [1.165, 1.54) is 6.07 Å². The molecule has 1 aromatic carbocycles. The van der Waals surface area contributed by atoms with Crippen LogP contribution in [0.5, 0.6) is 5.75 Å². The smallest absolute Gasteiger partial charge is 0.190 e. The number of hydrogen-bond acceptors (Lipinski definition) is 3. The van der Waals surface area contributed by atoms with E-state index in [2.05, 4.69) is 11.4 Å². The summed E-state index contributed by atoms with van der Waals surface area (Å²) in [7, 11) is 1.73. The second-order valence-corrected chi connectivity index (χ2v) is 4.30. The highest BCUT2D eigenvalue weighted by Crippen LogP contribution is 2.22. The van der Waals surface area contributed by atoms with Gasteiger partial charge in [-0.05, 0) is 38.4 Å². The zero-order valence-electron chi connectivity index (χ0n) is 11.2. The van der Waals surface area contributed by atoms with Gasteiger partial charge in [0.15, 0.2) is 17.4 Å². The maximum atomic E-state index is 13.3. The molecule has 0 saturated heterocycles. The topological polar surface area (TPSA) is 45.0 Å². The van der Waals surface area contributed by atoms with Crippen molar-refractivity contribution in [3.05, 3.63) is 29.8 Å². The van der Waals surface area contributed by atoms with Crippen molar-refractivity contribution in [2.75, 3.05) is 13.7 Å². The Kier molecular flexibility index (Phi) is 5.71. The van der Waals surface area contributed by atoms with Gasteiger partial charge in [0.05, 0.1) is 12.7 Å². The van der Waals surface area contributed by atoms with Gasteiger partial charge in [-0.2, -0.15) is 5.26 Å². The quantitative estimate of drug-likeness (QED) is 0.773. The van der Waals surface area contributed by atoms with E-state index >= 15 is 0 Å². The number of para-hydroxylation sites is 1. The lowest BCUT2D eigenvalue weighted by Crippen LogP contribution is -2.41. The van der Waals surface area contributed by atoms with E-state index in [-0.39, 0.29) is 12.4 Å². The Morgan fingerprint density at radius 1 is 1.37 bits per heavy atom. The Balaban J connectivity index is 2.50. The molecule has 1 N–H and O–H groups in total. The summed E-state index contributed by atoms with van der Waals surface area (Å²) in [6, 6.07) is 5.81. The van der Waals surface area contributed by atoms with Crippen molar-refractivity contribution in [1.29, 1.82) is 5.26 Å². The molecule has 0 saturated carbocycles. The minimum atomic E-state index is -0.712. The highest BCUT2D eigenvalue weighted by molar-refractivity contribution is 5.25. The van der Waals surface area contributed by atoms with Gasteiger partial charge in [0.25, 0.3) is 0 Å². The number of nitrogens with one attached hydrogen (secondary N) is 1. The first kappa shape index (κ1) is 15.4. The molecule has 0 aliphatic carbocycles. The Hall–Kier alpha value is -1.67. The van der Waals surface area contributed by atoms with E-state index in [0.29, 0.717) is 19.3 Å². The maximum absolute atomic E-state index is 13.3. The molecule has 1 unspecified atom stereocenters. The molecule has 1 rings (SSSR count). The first-order valence-corrected chi connectivity index (χ1v) is 6.25. The van der Waals surface area contributed by atoms with Crippen molar-refractivity contribution in [2.24, 2.45) is 0 Å². The van der Waals surface area contributed by atoms with Gasteiger partial charge in [0.2, 0.25) is 0 Å². The van der Waals surface area contributed by atoms with Crippen molar-refractivity contribution in [3.8, 4) is 11.8 Å². The molecule has 1 aromatic rings. The number of benzene rings is 1. The number of hydrogen-bond donors (Lipinski definition) is 1. The Bertz CT molecular complexity index is 433. The standard InChI is InChI=1S/C14H18F2N2O/c1-3-14(10-17,18-2)8-5-9-19-13-11(15)6-4-7-12(13)16/h4,6-7,18H,3,5,8-9H2,1-2H3. The van der Waals surface area contributed by atoms with Crippen molar-refractivity contribution < 1.29 is 13.5 Å². The molecule has 0 aromatic heterocycles. The van der Waals surface area contributed by atoms with Gasteiger partial charge in [-0.3, -0.25) is 0 Å². The zero-order valence-corrected chi connectivity index (χ0v) is 11.2. The first-order valence-electron chi connectivity index (χ1n) is 6.25. The summed E-state index contributed by atoms with van der Waals surface area (Å²) in [5.74, 6) is -1.78. The van der Waals surface area contributed by atoms with Gasteiger partial charge >= 0.3 is 0 Å². The van der Waals surface area contributed by atoms with Crippen LogP contribution in [0, 0.1) is 23.0 Å². The number of ether oxygens (including phenoxy) is 1. The van der Waals surface area contributed by atoms with Crippen LogP contribution < -0.4 is 10.1 Å². The van der Waals surface area contributed by atoms with Gasteiger partial charge in [0, 0.05) is 0 Å². The fourth-order valence-corrected chi connectivity index (χ4v) is 1.84. The molecule has 0 heterocycles. The van der Waals surface area contributed by atoms with Gasteiger partial charge in [-0.25, -0.2) is 8.78 Å². The number of nitriles is 1. The Morgan fingerprint density at radius 3 is 2.47 bits per heavy atom. The number of nitrogens with zero attached hydrogens (tertiary/aromatic N) is 1. The third-order valence-electron chi connectivity index (χ3n) is 3.21. The van der Waals surface area contributed by atoms with Crippen LogP contribution in [0.15, 0.2) is 18.2 Å². The van der Waals surface area contributed by atoms with Crippen LogP contribution in [0.4, 0.5) is 8.78 Å². The van der Waals surface area contributed by atoms with Crippen molar-refractivity contribution in [2.45, 2.75) is 31.7 Å². The summed E-state index contributed by atoms with van der Waals surface area (Å²) >= 11 is 0. The minimum absolute atomic E-state index is 0.170. The fraction of sp³-hybridized carbons (Fsp3) is 0.500. The van der Waals surface area contributed by atoms with E-state index in [4.69, 9.17) is 10.00 Å². The lowest BCUT2D eigenvalue weighted by molar-refractivity contribution is 0.259. The summed E-state index contributed by atoms with van der Waals surface area (Å²) in [4.78, 5) is 0. The van der Waals surface area contributed by atoms with Gasteiger partial charge in [-0.1, -0.05) is 13.0 Å². The third-order valence-corrected chi connectivity index (χ3v) is 3.21. The van der Waals surface area contributed by atoms with Gasteiger partial charge in [-0.15, -0.1) is 0 Å². The summed E-state index contributed by atoms with van der Waals surface area (Å²) < 4.78 is 31.7. The monoisotopic (exact) mass is 268 g/mol. The van der Waals surface area contributed by atoms with Crippen LogP contribution in [0.2, 0.25) is 0 Å². The van der Waals surface area contributed by atoms with Crippen LogP contribution in [0.3, 0.4) is 0 Å². The maximum Gasteiger partial charge on any atom is 0.190 e. The minimum Gasteiger partial charge on any atom is -0.488 e. The zero-order chi connectivity index (χ0) is 14.3. The summed E-state index contributed by atoms with van der Waals surface area (Å²) in [5, 5.41) is 12.1. The summed E-state index contributed by atoms with van der Waals surface area (Å²) in [5.41, 5.74) is -0.600. The van der Waals surface area contributed by atoms with Crippen molar-refractivity contribution in [1.82, 2.24) is 5.32 Å². The average molecular weight is 268 g/mol. The molecule has 0 spiro atoms. The van der Waals surface area contributed by atoms with Crippen LogP contribution >= 0.6 is 0 Å². The highest BCUT2D eigenvalue weighted by atomic mass is 19.1. The largest absolute Gasteiger partial charge is 0.488 e. The van der Waals surface area contributed by atoms with E-state index in [1.807, 2.05) is 6.92 Å². The van der Waals surface area contributed by atoms with E-state index in [9.17, 15) is 8.78 Å². The number of rotatable bonds is 7. The Morgan fingerprint density at radius 2 is 2.00 bits per heavy atom. The molecule has 0 bridgehead atoms. The summed E-state index contributed by atoms with van der Waals surface area (Å²) in [6.07, 6.45) is 1.76. The Labute approximate surface area is 112 Å². The molecular weight excluding hydrogens is 250 g/mol. The van der Waals surface area contributed by atoms with E-state index in [1.54, 1.807) is 7.05 Å². The molecule has 0 fully saturated rings. The van der Waals surface area contributed by atoms with E-state index in [0.717, 1.165) is 12.1 Å². The van der Waals surface area contributed by atoms with Crippen molar-refractivity contribution >= 4 is 0 Å². The first-order chi connectivity index (χ1) is 9.08. The van der Waals surface area contributed by atoms with Crippen LogP contribution in [-0.4, -0.2) is 19.2 Å². The molecule has 0 amide bonds. The number of halogens is 2. The molecular formula is C14H18F2N2O. The summed E-state index contributed by atoms with van der Waals surface area (Å²) in [6.45, 7) is 2.08. The average Bonchev–Trinajstić information content (AvgIpc) is 2.42. The third kappa shape index (κ3) is 3.90.